The van der Waals surface area contributed by atoms with Gasteiger partial charge < -0.3 is 5.32 Å². The van der Waals surface area contributed by atoms with E-state index in [4.69, 9.17) is 0 Å². The minimum absolute atomic E-state index is 0.0120. The topological polar surface area (TPSA) is 49.4 Å². The average Bonchev–Trinajstić information content (AvgIpc) is 2.45. The molecule has 3 unspecified atom stereocenters. The van der Waals surface area contributed by atoms with Crippen molar-refractivity contribution in [3.8, 4) is 0 Å². The molecule has 0 bridgehead atoms. The second-order valence-corrected chi connectivity index (χ2v) is 6.18. The summed E-state index contributed by atoms with van der Waals surface area (Å²) in [5, 5.41) is 2.74. The van der Waals surface area contributed by atoms with Crippen molar-refractivity contribution in [2.75, 3.05) is 4.90 Å². The van der Waals surface area contributed by atoms with E-state index in [-0.39, 0.29) is 23.4 Å². The highest BCUT2D eigenvalue weighted by atomic mass is 79.9. The van der Waals surface area contributed by atoms with Gasteiger partial charge in [0.2, 0.25) is 5.91 Å². The molecule has 0 aromatic heterocycles. The molecule has 1 N–H and O–H groups in total. The van der Waals surface area contributed by atoms with Crippen LogP contribution in [0.1, 0.15) is 27.2 Å². The number of benzene rings is 1. The molecule has 0 radical (unpaired) electrons. The van der Waals surface area contributed by atoms with Crippen LogP contribution in [0.15, 0.2) is 22.7 Å². The van der Waals surface area contributed by atoms with E-state index in [1.165, 1.54) is 11.0 Å². The Morgan fingerprint density at radius 2 is 2.10 bits per heavy atom. The van der Waals surface area contributed by atoms with Crippen LogP contribution in [0.2, 0.25) is 0 Å². The van der Waals surface area contributed by atoms with Crippen LogP contribution in [0.3, 0.4) is 0 Å². The maximum atomic E-state index is 14.2. The number of piperazine rings is 1. The first kappa shape index (κ1) is 15.9. The van der Waals surface area contributed by atoms with Crippen molar-refractivity contribution in [3.05, 3.63) is 28.5 Å². The number of para-hydroxylation sites is 1. The molecule has 6 heteroatoms. The highest BCUT2D eigenvalue weighted by molar-refractivity contribution is 9.10. The fraction of sp³-hybridized carbons (Fsp3) is 0.467. The number of anilines is 1. The van der Waals surface area contributed by atoms with Gasteiger partial charge >= 0.3 is 0 Å². The van der Waals surface area contributed by atoms with Crippen molar-refractivity contribution in [3.63, 3.8) is 0 Å². The van der Waals surface area contributed by atoms with Crippen molar-refractivity contribution in [2.45, 2.75) is 39.3 Å². The van der Waals surface area contributed by atoms with Crippen molar-refractivity contribution in [1.29, 1.82) is 0 Å². The van der Waals surface area contributed by atoms with Crippen molar-refractivity contribution < 1.29 is 14.0 Å². The van der Waals surface area contributed by atoms with Crippen LogP contribution in [0.25, 0.3) is 0 Å². The number of nitrogens with one attached hydrogen (secondary N) is 1. The Kier molecular flexibility index (Phi) is 4.66. The van der Waals surface area contributed by atoms with Crippen LogP contribution in [0, 0.1) is 11.7 Å². The second kappa shape index (κ2) is 6.13. The van der Waals surface area contributed by atoms with Crippen molar-refractivity contribution in [1.82, 2.24) is 5.32 Å². The lowest BCUT2D eigenvalue weighted by Crippen LogP contribution is -2.64. The number of nitrogens with zero attached hydrogens (tertiary/aromatic N) is 1. The zero-order chi connectivity index (χ0) is 15.7. The Balaban J connectivity index is 2.49. The summed E-state index contributed by atoms with van der Waals surface area (Å²) < 4.78 is 14.6. The Morgan fingerprint density at radius 1 is 1.43 bits per heavy atom. The van der Waals surface area contributed by atoms with Gasteiger partial charge in [-0.15, -0.1) is 0 Å². The van der Waals surface area contributed by atoms with E-state index in [2.05, 4.69) is 21.2 Å². The minimum Gasteiger partial charge on any atom is -0.342 e. The molecule has 1 aliphatic rings. The predicted molar refractivity (Wildman–Crippen MR) is 82.4 cm³/mol. The summed E-state index contributed by atoms with van der Waals surface area (Å²) in [6.45, 7) is 5.44. The largest absolute Gasteiger partial charge is 0.342 e. The molecular formula is C15H18BrFN2O2. The average molecular weight is 357 g/mol. The SMILES string of the molecule is CCC(C)C1NC(=O)C(C)N(c2c(F)cccc2Br)C1=O. The van der Waals surface area contributed by atoms with Gasteiger partial charge in [-0.3, -0.25) is 14.5 Å². The Hall–Kier alpha value is -1.43. The summed E-state index contributed by atoms with van der Waals surface area (Å²) in [5.74, 6) is -1.08. The van der Waals surface area contributed by atoms with E-state index in [0.717, 1.165) is 6.42 Å². The van der Waals surface area contributed by atoms with E-state index >= 15 is 0 Å². The van der Waals surface area contributed by atoms with Crippen molar-refractivity contribution >= 4 is 33.4 Å². The normalized spacial score (nSPS) is 24.0. The number of hydrogen-bond donors (Lipinski definition) is 1. The molecule has 2 amide bonds. The second-order valence-electron chi connectivity index (χ2n) is 5.33. The van der Waals surface area contributed by atoms with E-state index in [0.29, 0.717) is 4.47 Å². The molecule has 0 spiro atoms. The molecule has 21 heavy (non-hydrogen) atoms. The highest BCUT2D eigenvalue weighted by Crippen LogP contribution is 2.33. The van der Waals surface area contributed by atoms with Crippen molar-refractivity contribution in [2.24, 2.45) is 5.92 Å². The molecule has 1 saturated heterocycles. The van der Waals surface area contributed by atoms with Crippen LogP contribution in [0.5, 0.6) is 0 Å². The lowest BCUT2D eigenvalue weighted by molar-refractivity contribution is -0.134. The molecule has 2 rings (SSSR count). The quantitative estimate of drug-likeness (QED) is 0.905. The third-order valence-electron chi connectivity index (χ3n) is 3.96. The molecule has 0 saturated carbocycles. The Labute approximate surface area is 131 Å². The molecular weight excluding hydrogens is 339 g/mol. The summed E-state index contributed by atoms with van der Waals surface area (Å²) in [7, 11) is 0. The highest BCUT2D eigenvalue weighted by Gasteiger charge is 2.42. The summed E-state index contributed by atoms with van der Waals surface area (Å²) in [6, 6.07) is 3.12. The zero-order valence-electron chi connectivity index (χ0n) is 12.2. The fourth-order valence-electron chi connectivity index (χ4n) is 2.44. The third-order valence-corrected chi connectivity index (χ3v) is 4.60. The fourth-order valence-corrected chi connectivity index (χ4v) is 2.97. The summed E-state index contributed by atoms with van der Waals surface area (Å²) in [6.07, 6.45) is 0.747. The standard InChI is InChI=1S/C15H18BrFN2O2/c1-4-8(2)12-15(21)19(9(3)14(20)18-12)13-10(16)6-5-7-11(13)17/h5-9,12H,4H2,1-3H3,(H,18,20). The third kappa shape index (κ3) is 2.81. The smallest absolute Gasteiger partial charge is 0.250 e. The van der Waals surface area contributed by atoms with Crippen LogP contribution in [-0.4, -0.2) is 23.9 Å². The molecule has 1 aromatic carbocycles. The maximum absolute atomic E-state index is 14.2. The number of halogens is 2. The number of carbonyl (C=O) groups is 2. The van der Waals surface area contributed by atoms with Crippen LogP contribution < -0.4 is 10.2 Å². The summed E-state index contributed by atoms with van der Waals surface area (Å²) in [4.78, 5) is 26.1. The van der Waals surface area contributed by atoms with Gasteiger partial charge in [0.1, 0.15) is 17.9 Å². The van der Waals surface area contributed by atoms with E-state index in [9.17, 15) is 14.0 Å². The van der Waals surface area contributed by atoms with Gasteiger partial charge in [0, 0.05) is 4.47 Å². The molecule has 1 aromatic rings. The van der Waals surface area contributed by atoms with Crippen LogP contribution in [-0.2, 0) is 9.59 Å². The summed E-state index contributed by atoms with van der Waals surface area (Å²) >= 11 is 3.27. The maximum Gasteiger partial charge on any atom is 0.250 e. The number of hydrogen-bond acceptors (Lipinski definition) is 2. The van der Waals surface area contributed by atoms with Gasteiger partial charge in [-0.05, 0) is 40.9 Å². The molecule has 4 nitrogen and oxygen atoms in total. The van der Waals surface area contributed by atoms with E-state index in [1.807, 2.05) is 13.8 Å². The van der Waals surface area contributed by atoms with Gasteiger partial charge in [-0.2, -0.15) is 0 Å². The Morgan fingerprint density at radius 3 is 2.67 bits per heavy atom. The minimum atomic E-state index is -0.744. The first-order chi connectivity index (χ1) is 9.88. The first-order valence-electron chi connectivity index (χ1n) is 6.96. The lowest BCUT2D eigenvalue weighted by atomic mass is 9.94. The van der Waals surface area contributed by atoms with Gasteiger partial charge in [0.15, 0.2) is 0 Å². The van der Waals surface area contributed by atoms with Gasteiger partial charge in [-0.25, -0.2) is 4.39 Å². The Bertz CT molecular complexity index is 559. The number of amides is 2. The monoisotopic (exact) mass is 356 g/mol. The van der Waals surface area contributed by atoms with Gasteiger partial charge in [0.25, 0.3) is 5.91 Å². The van der Waals surface area contributed by atoms with Crippen LogP contribution >= 0.6 is 15.9 Å². The van der Waals surface area contributed by atoms with E-state index < -0.39 is 17.9 Å². The molecule has 1 heterocycles. The summed E-state index contributed by atoms with van der Waals surface area (Å²) in [5.41, 5.74) is 0.123. The van der Waals surface area contributed by atoms with Gasteiger partial charge in [-0.1, -0.05) is 26.3 Å². The van der Waals surface area contributed by atoms with E-state index in [1.54, 1.807) is 19.1 Å². The molecule has 114 valence electrons. The molecule has 0 aliphatic carbocycles. The van der Waals surface area contributed by atoms with Gasteiger partial charge in [0.05, 0.1) is 5.69 Å². The molecule has 1 aliphatic heterocycles. The first-order valence-corrected chi connectivity index (χ1v) is 7.75. The number of carbonyl (C=O) groups excluding carboxylic acids is 2. The molecule has 3 atom stereocenters. The lowest BCUT2D eigenvalue weighted by Gasteiger charge is -2.39. The zero-order valence-corrected chi connectivity index (χ0v) is 13.8. The number of rotatable bonds is 3. The molecule has 1 fully saturated rings. The predicted octanol–water partition coefficient (Wildman–Crippen LogP) is 2.85. The van der Waals surface area contributed by atoms with Crippen LogP contribution in [0.4, 0.5) is 10.1 Å².